The lowest BCUT2D eigenvalue weighted by Crippen LogP contribution is -2.04. The monoisotopic (exact) mass is 352 g/mol. The van der Waals surface area contributed by atoms with Gasteiger partial charge in [-0.3, -0.25) is 5.10 Å². The third kappa shape index (κ3) is 2.69. The molecule has 4 aromatic rings. The van der Waals surface area contributed by atoms with Gasteiger partial charge in [-0.25, -0.2) is 14.8 Å². The van der Waals surface area contributed by atoms with Gasteiger partial charge in [0.05, 0.1) is 36.5 Å². The van der Waals surface area contributed by atoms with E-state index in [4.69, 9.17) is 9.47 Å². The number of rotatable bonds is 5. The van der Waals surface area contributed by atoms with Crippen LogP contribution in [0, 0.1) is 0 Å². The molecule has 1 aromatic carbocycles. The summed E-state index contributed by atoms with van der Waals surface area (Å²) in [6.45, 7) is 2.05. The minimum absolute atomic E-state index is 0.299. The van der Waals surface area contributed by atoms with Crippen LogP contribution in [0.1, 0.15) is 17.4 Å². The van der Waals surface area contributed by atoms with Crippen LogP contribution in [0.25, 0.3) is 21.9 Å². The Kier molecular flexibility index (Phi) is 3.88. The number of esters is 1. The van der Waals surface area contributed by atoms with Gasteiger partial charge in [-0.2, -0.15) is 5.10 Å². The summed E-state index contributed by atoms with van der Waals surface area (Å²) >= 11 is 0. The highest BCUT2D eigenvalue weighted by Gasteiger charge is 2.15. The molecule has 0 atom stereocenters. The van der Waals surface area contributed by atoms with Crippen molar-refractivity contribution in [3.63, 3.8) is 0 Å². The molecule has 0 unspecified atom stereocenters. The third-order valence-electron chi connectivity index (χ3n) is 3.93. The van der Waals surface area contributed by atoms with E-state index < -0.39 is 5.97 Å². The van der Waals surface area contributed by atoms with Gasteiger partial charge in [0.2, 0.25) is 0 Å². The van der Waals surface area contributed by atoms with Crippen molar-refractivity contribution < 1.29 is 14.3 Å². The second-order valence-electron chi connectivity index (χ2n) is 5.52. The molecular weight excluding hydrogens is 336 g/mol. The number of aromatic nitrogens is 5. The van der Waals surface area contributed by atoms with Gasteiger partial charge in [0.15, 0.2) is 0 Å². The Morgan fingerprint density at radius 2 is 2.15 bits per heavy atom. The molecule has 0 saturated carbocycles. The number of fused-ring (bicyclic) bond motifs is 2. The van der Waals surface area contributed by atoms with Crippen LogP contribution in [-0.4, -0.2) is 44.8 Å². The number of ether oxygens (including phenoxy) is 2. The number of H-pyrrole nitrogens is 2. The summed E-state index contributed by atoms with van der Waals surface area (Å²) in [4.78, 5) is 23.4. The number of carbonyl (C=O) groups excluding carboxylic acids is 1. The fourth-order valence-corrected chi connectivity index (χ4v) is 2.72. The highest BCUT2D eigenvalue weighted by atomic mass is 16.5. The Labute approximate surface area is 147 Å². The van der Waals surface area contributed by atoms with E-state index >= 15 is 0 Å². The molecule has 3 N–H and O–H groups in total. The molecule has 132 valence electrons. The number of nitrogens with zero attached hydrogens (tertiary/aromatic N) is 3. The van der Waals surface area contributed by atoms with Crippen LogP contribution in [0.5, 0.6) is 5.75 Å². The predicted molar refractivity (Wildman–Crippen MR) is 95.8 cm³/mol. The smallest absolute Gasteiger partial charge is 0.354 e. The topological polar surface area (TPSA) is 118 Å². The standard InChI is InChI=1S/C17H16N6O3/c1-3-26-17(24)13-5-10-15(18-8-19-16(10)22-13)21-12-4-9-7-20-23-11(9)6-14(12)25-2/h4-8H,3H2,1-2H3,(H,20,23)(H2,18,19,21,22). The molecule has 9 nitrogen and oxygen atoms in total. The highest BCUT2D eigenvalue weighted by Crippen LogP contribution is 2.33. The van der Waals surface area contributed by atoms with Crippen molar-refractivity contribution in [2.75, 3.05) is 19.0 Å². The summed E-state index contributed by atoms with van der Waals surface area (Å²) in [5, 5.41) is 11.8. The normalized spacial score (nSPS) is 11.0. The zero-order valence-electron chi connectivity index (χ0n) is 14.2. The van der Waals surface area contributed by atoms with Crippen molar-refractivity contribution in [1.82, 2.24) is 25.1 Å². The van der Waals surface area contributed by atoms with Gasteiger partial charge in [0.1, 0.15) is 29.2 Å². The average Bonchev–Trinajstić information content (AvgIpc) is 3.28. The minimum Gasteiger partial charge on any atom is -0.494 e. The van der Waals surface area contributed by atoms with E-state index in [1.807, 2.05) is 12.1 Å². The highest BCUT2D eigenvalue weighted by molar-refractivity contribution is 5.98. The van der Waals surface area contributed by atoms with Crippen LogP contribution < -0.4 is 10.1 Å². The molecule has 0 spiro atoms. The Morgan fingerprint density at radius 3 is 2.96 bits per heavy atom. The molecule has 0 fully saturated rings. The van der Waals surface area contributed by atoms with E-state index in [-0.39, 0.29) is 0 Å². The van der Waals surface area contributed by atoms with Gasteiger partial charge < -0.3 is 19.8 Å². The van der Waals surface area contributed by atoms with Crippen LogP contribution in [-0.2, 0) is 4.74 Å². The van der Waals surface area contributed by atoms with Crippen molar-refractivity contribution in [1.29, 1.82) is 0 Å². The quantitative estimate of drug-likeness (QED) is 0.473. The van der Waals surface area contributed by atoms with E-state index in [0.717, 1.165) is 16.6 Å². The molecule has 0 amide bonds. The molecule has 26 heavy (non-hydrogen) atoms. The molecule has 0 aliphatic rings. The van der Waals surface area contributed by atoms with Crippen molar-refractivity contribution in [2.45, 2.75) is 6.92 Å². The Balaban J connectivity index is 1.76. The van der Waals surface area contributed by atoms with Gasteiger partial charge in [0, 0.05) is 11.5 Å². The molecule has 3 heterocycles. The lowest BCUT2D eigenvalue weighted by Gasteiger charge is -2.11. The van der Waals surface area contributed by atoms with Gasteiger partial charge in [-0.05, 0) is 19.1 Å². The van der Waals surface area contributed by atoms with Crippen molar-refractivity contribution in [3.8, 4) is 5.75 Å². The summed E-state index contributed by atoms with van der Waals surface area (Å²) in [6, 6.07) is 5.42. The molecular formula is C17H16N6O3. The number of hydrogen-bond donors (Lipinski definition) is 3. The first-order valence-electron chi connectivity index (χ1n) is 7.98. The number of benzene rings is 1. The first kappa shape index (κ1) is 15.9. The van der Waals surface area contributed by atoms with E-state index in [9.17, 15) is 4.79 Å². The first-order valence-corrected chi connectivity index (χ1v) is 7.98. The summed E-state index contributed by atoms with van der Waals surface area (Å²) < 4.78 is 10.5. The molecule has 0 radical (unpaired) electrons. The average molecular weight is 352 g/mol. The molecule has 4 rings (SSSR count). The predicted octanol–water partition coefficient (Wildman–Crippen LogP) is 2.76. The van der Waals surface area contributed by atoms with Crippen LogP contribution in [0.4, 0.5) is 11.5 Å². The SMILES string of the molecule is CCOC(=O)c1cc2c(Nc3cc4cn[nH]c4cc3OC)ncnc2[nH]1. The summed E-state index contributed by atoms with van der Waals surface area (Å²) in [6.07, 6.45) is 3.14. The Bertz CT molecular complexity index is 1100. The number of hydrogen-bond acceptors (Lipinski definition) is 7. The van der Waals surface area contributed by atoms with E-state index in [1.54, 1.807) is 26.3 Å². The number of carbonyl (C=O) groups is 1. The lowest BCUT2D eigenvalue weighted by molar-refractivity contribution is 0.0520. The Morgan fingerprint density at radius 1 is 1.27 bits per heavy atom. The van der Waals surface area contributed by atoms with Gasteiger partial charge in [0.25, 0.3) is 0 Å². The fraction of sp³-hybridized carbons (Fsp3) is 0.176. The van der Waals surface area contributed by atoms with Crippen LogP contribution in [0.2, 0.25) is 0 Å². The van der Waals surface area contributed by atoms with Gasteiger partial charge >= 0.3 is 5.97 Å². The maximum Gasteiger partial charge on any atom is 0.354 e. The lowest BCUT2D eigenvalue weighted by atomic mass is 10.2. The summed E-state index contributed by atoms with van der Waals surface area (Å²) in [5.41, 5.74) is 2.45. The van der Waals surface area contributed by atoms with Gasteiger partial charge in [-0.1, -0.05) is 0 Å². The molecule has 0 aliphatic carbocycles. The minimum atomic E-state index is -0.436. The largest absolute Gasteiger partial charge is 0.494 e. The fourth-order valence-electron chi connectivity index (χ4n) is 2.72. The summed E-state index contributed by atoms with van der Waals surface area (Å²) in [7, 11) is 1.59. The molecule has 0 bridgehead atoms. The van der Waals surface area contributed by atoms with E-state index in [0.29, 0.717) is 34.9 Å². The van der Waals surface area contributed by atoms with Crippen LogP contribution >= 0.6 is 0 Å². The van der Waals surface area contributed by atoms with E-state index in [1.165, 1.54) is 6.33 Å². The number of aromatic amines is 2. The van der Waals surface area contributed by atoms with E-state index in [2.05, 4.69) is 30.5 Å². The van der Waals surface area contributed by atoms with Gasteiger partial charge in [-0.15, -0.1) is 0 Å². The second kappa shape index (κ2) is 6.36. The maximum atomic E-state index is 11.9. The zero-order valence-corrected chi connectivity index (χ0v) is 14.2. The zero-order chi connectivity index (χ0) is 18.1. The maximum absolute atomic E-state index is 11.9. The Hall–Kier alpha value is -3.62. The number of methoxy groups -OCH3 is 1. The van der Waals surface area contributed by atoms with Crippen molar-refractivity contribution in [3.05, 3.63) is 36.4 Å². The van der Waals surface area contributed by atoms with Crippen molar-refractivity contribution >= 4 is 39.4 Å². The molecule has 9 heteroatoms. The van der Waals surface area contributed by atoms with Crippen LogP contribution in [0.3, 0.4) is 0 Å². The molecule has 0 aliphatic heterocycles. The van der Waals surface area contributed by atoms with Crippen LogP contribution in [0.15, 0.2) is 30.7 Å². The second-order valence-corrected chi connectivity index (χ2v) is 5.52. The molecule has 3 aromatic heterocycles. The summed E-state index contributed by atoms with van der Waals surface area (Å²) in [5.74, 6) is 0.742. The first-order chi connectivity index (χ1) is 12.7. The number of nitrogens with one attached hydrogen (secondary N) is 3. The number of anilines is 2. The van der Waals surface area contributed by atoms with Crippen molar-refractivity contribution in [2.24, 2.45) is 0 Å². The molecule has 0 saturated heterocycles. The third-order valence-corrected chi connectivity index (χ3v) is 3.93.